The van der Waals surface area contributed by atoms with Crippen LogP contribution in [0.3, 0.4) is 0 Å². The lowest BCUT2D eigenvalue weighted by Gasteiger charge is -2.56. The summed E-state index contributed by atoms with van der Waals surface area (Å²) in [7, 11) is 1.51. The lowest BCUT2D eigenvalue weighted by atomic mass is 9.57. The van der Waals surface area contributed by atoms with Crippen molar-refractivity contribution >= 4 is 22.9 Å². The predicted molar refractivity (Wildman–Crippen MR) is 281 cm³/mol. The van der Waals surface area contributed by atoms with Crippen LogP contribution in [0.2, 0.25) is 0 Å². The van der Waals surface area contributed by atoms with Crippen molar-refractivity contribution in [3.63, 3.8) is 0 Å². The van der Waals surface area contributed by atoms with Crippen LogP contribution in [0, 0.1) is 23.7 Å². The van der Waals surface area contributed by atoms with E-state index in [0.717, 1.165) is 49.7 Å². The number of methoxy groups -OCH3 is 1. The summed E-state index contributed by atoms with van der Waals surface area (Å²) < 4.78 is 33.5. The van der Waals surface area contributed by atoms with Gasteiger partial charge >= 0.3 is 17.6 Å². The van der Waals surface area contributed by atoms with Crippen LogP contribution in [-0.2, 0) is 49.7 Å². The molecule has 3 aliphatic heterocycles. The first kappa shape index (κ1) is 50.1. The number of allylic oxidation sites excluding steroid dienone is 3. The number of aryl methyl sites for hydroxylation is 2. The van der Waals surface area contributed by atoms with Crippen LogP contribution < -0.4 is 10.4 Å². The maximum atomic E-state index is 15.5. The Labute approximate surface area is 432 Å². The number of benzene rings is 4. The van der Waals surface area contributed by atoms with Crippen LogP contribution in [0.5, 0.6) is 5.75 Å². The molecule has 4 heterocycles. The standard InChI is InChI=1S/C63H68O11/c1-37(34-65)49-22-20-40-16-19-46-31-44(40)18-17-42-13-7-12-41-15-8-27-63(57(41)42)60(73-61(49)68)59(56-53(74-63)25-24-51-52(35-66)55(62(69)72-58(51)56)47(26-28-64)36-70-2)71-54(67)33-48-32-45(21-23-50(46)48)43-14-6-11-39(30-43)29-38-9-4-3-5-10-38/h3-6,8-11,14-16,19,21,23-25,30-31,41-42,45,47-48,50,57,59-60,64-66H,7,12-13,17-18,20,22,26-29,32-36H2,1-2H3/b49-37-/t41-,42+,45+,47-,48+,50+,57-,59-,60+,63+/m1/s1. The molecule has 3 aliphatic carbocycles. The second-order valence-electron chi connectivity index (χ2n) is 21.9. The fraction of sp³-hybridized carbons (Fsp3) is 0.444. The first-order valence-corrected chi connectivity index (χ1v) is 26.9. The number of ether oxygens (including phenoxy) is 4. The second-order valence-corrected chi connectivity index (χ2v) is 21.9. The molecule has 0 amide bonds. The fourth-order valence-corrected chi connectivity index (χ4v) is 14.2. The van der Waals surface area contributed by atoms with E-state index in [1.165, 1.54) is 29.4 Å². The average Bonchev–Trinajstić information content (AvgIpc) is 3.46. The first-order chi connectivity index (χ1) is 36.1. The summed E-state index contributed by atoms with van der Waals surface area (Å²) >= 11 is 0. The van der Waals surface area contributed by atoms with E-state index in [1.807, 2.05) is 12.1 Å². The van der Waals surface area contributed by atoms with Gasteiger partial charge in [0.2, 0.25) is 0 Å². The van der Waals surface area contributed by atoms with E-state index >= 15 is 9.59 Å². The Morgan fingerprint density at radius 3 is 2.49 bits per heavy atom. The molecule has 1 spiro atoms. The monoisotopic (exact) mass is 1000 g/mol. The van der Waals surface area contributed by atoms with Gasteiger partial charge in [0.15, 0.2) is 17.8 Å². The molecule has 11 nitrogen and oxygen atoms in total. The van der Waals surface area contributed by atoms with Gasteiger partial charge in [-0.05, 0) is 139 Å². The van der Waals surface area contributed by atoms with E-state index in [4.69, 9.17) is 23.4 Å². The van der Waals surface area contributed by atoms with Gasteiger partial charge in [0.05, 0.1) is 25.4 Å². The molecule has 1 aromatic heterocycles. The van der Waals surface area contributed by atoms with E-state index in [9.17, 15) is 20.1 Å². The van der Waals surface area contributed by atoms with Crippen LogP contribution in [0.25, 0.3) is 11.0 Å². The number of fused-ring (bicyclic) bond motifs is 8. The number of aliphatic hydroxyl groups excluding tert-OH is 3. The Morgan fingerprint density at radius 2 is 1.68 bits per heavy atom. The summed E-state index contributed by atoms with van der Waals surface area (Å²) in [5.74, 6) is -1.58. The van der Waals surface area contributed by atoms with Gasteiger partial charge in [-0.2, -0.15) is 0 Å². The zero-order valence-corrected chi connectivity index (χ0v) is 42.5. The van der Waals surface area contributed by atoms with Crippen molar-refractivity contribution < 1.29 is 48.3 Å². The zero-order chi connectivity index (χ0) is 51.1. The number of esters is 2. The molecule has 1 saturated carbocycles. The molecule has 386 valence electrons. The molecule has 0 radical (unpaired) electrons. The van der Waals surface area contributed by atoms with E-state index in [-0.39, 0.29) is 84.9 Å². The molecule has 10 atom stereocenters. The largest absolute Gasteiger partial charge is 0.482 e. The highest BCUT2D eigenvalue weighted by Gasteiger charge is 2.63. The minimum atomic E-state index is -1.32. The Balaban J connectivity index is 1.11. The van der Waals surface area contributed by atoms with E-state index in [0.29, 0.717) is 53.5 Å². The van der Waals surface area contributed by atoms with E-state index < -0.39 is 47.9 Å². The lowest BCUT2D eigenvalue weighted by molar-refractivity contribution is -0.213. The van der Waals surface area contributed by atoms with Crippen LogP contribution in [0.15, 0.2) is 130 Å². The number of aliphatic hydroxyl groups is 3. The van der Waals surface area contributed by atoms with E-state index in [2.05, 4.69) is 91.0 Å². The maximum Gasteiger partial charge on any atom is 0.340 e. The summed E-state index contributed by atoms with van der Waals surface area (Å²) in [6, 6.07) is 29.6. The normalized spacial score (nSPS) is 28.4. The smallest absolute Gasteiger partial charge is 0.340 e. The molecular formula is C63H68O11. The van der Waals surface area contributed by atoms with Gasteiger partial charge in [0.1, 0.15) is 11.3 Å². The minimum absolute atomic E-state index is 0.0260. The van der Waals surface area contributed by atoms with E-state index in [1.54, 1.807) is 13.0 Å². The summed E-state index contributed by atoms with van der Waals surface area (Å²) in [6.45, 7) is 0.739. The predicted octanol–water partition coefficient (Wildman–Crippen LogP) is 10.3. The van der Waals surface area contributed by atoms with Crippen LogP contribution >= 0.6 is 0 Å². The third-order valence-electron chi connectivity index (χ3n) is 17.6. The summed E-state index contributed by atoms with van der Waals surface area (Å²) in [5.41, 5.74) is 6.85. The Bertz CT molecular complexity index is 3070. The molecule has 3 N–H and O–H groups in total. The molecule has 6 aliphatic rings. The highest BCUT2D eigenvalue weighted by Crippen LogP contribution is 2.58. The molecule has 74 heavy (non-hydrogen) atoms. The van der Waals surface area contributed by atoms with Crippen LogP contribution in [0.1, 0.15) is 139 Å². The third-order valence-corrected chi connectivity index (χ3v) is 17.6. The third kappa shape index (κ3) is 9.28. The SMILES string of the molecule is COC[C@@H](CCO)c1c(CO)c2ccc3c(c2oc1=O)[C@H]1OC(=O)C[C@@H]2C[C@@H](c4cccc(Cc5ccccc5)c4)C=C[C@H]2c2ccc4c(c2)CC[C@@H]2CCC[C@@H]5C=CC[C@](O3)([C@@H]25)[C@H]1OC(=O)/C(=C(/C)CO)CC4. The van der Waals surface area contributed by atoms with Crippen molar-refractivity contribution in [2.75, 3.05) is 26.9 Å². The minimum Gasteiger partial charge on any atom is -0.482 e. The van der Waals surface area contributed by atoms with Crippen molar-refractivity contribution in [2.24, 2.45) is 23.7 Å². The van der Waals surface area contributed by atoms with Gasteiger partial charge in [0, 0.05) is 66.8 Å². The average molecular weight is 1000 g/mol. The van der Waals surface area contributed by atoms with Gasteiger partial charge < -0.3 is 38.7 Å². The van der Waals surface area contributed by atoms with Crippen LogP contribution in [0.4, 0.5) is 0 Å². The number of hydrogen-bond acceptors (Lipinski definition) is 11. The highest BCUT2D eigenvalue weighted by atomic mass is 16.6. The number of rotatable bonds is 10. The molecule has 5 bridgehead atoms. The second kappa shape index (κ2) is 21.3. The Kier molecular flexibility index (Phi) is 14.4. The van der Waals surface area contributed by atoms with Gasteiger partial charge in [-0.15, -0.1) is 0 Å². The van der Waals surface area contributed by atoms with Crippen LogP contribution in [-0.4, -0.2) is 65.9 Å². The Hall–Kier alpha value is -6.11. The van der Waals surface area contributed by atoms with Crippen molar-refractivity contribution in [1.82, 2.24) is 0 Å². The summed E-state index contributed by atoms with van der Waals surface area (Å²) in [5, 5.41) is 32.3. The Morgan fingerprint density at radius 1 is 0.824 bits per heavy atom. The van der Waals surface area contributed by atoms with Gasteiger partial charge in [0.25, 0.3) is 0 Å². The summed E-state index contributed by atoms with van der Waals surface area (Å²) in [6.07, 6.45) is 14.0. The van der Waals surface area contributed by atoms with Crippen molar-refractivity contribution in [2.45, 2.75) is 126 Å². The molecule has 11 heteroatoms. The van der Waals surface area contributed by atoms with Gasteiger partial charge in [-0.25, -0.2) is 9.59 Å². The zero-order valence-electron chi connectivity index (χ0n) is 42.5. The van der Waals surface area contributed by atoms with Crippen molar-refractivity contribution in [3.05, 3.63) is 181 Å². The number of carbonyl (C=O) groups excluding carboxylic acids is 2. The van der Waals surface area contributed by atoms with Crippen molar-refractivity contribution in [3.8, 4) is 5.75 Å². The molecule has 0 saturated heterocycles. The molecule has 11 rings (SSSR count). The number of hydrogen-bond donors (Lipinski definition) is 3. The molecule has 0 unspecified atom stereocenters. The maximum absolute atomic E-state index is 15.5. The van der Waals surface area contributed by atoms with Gasteiger partial charge in [-0.3, -0.25) is 4.79 Å². The first-order valence-electron chi connectivity index (χ1n) is 26.9. The number of carbonyl (C=O) groups is 2. The topological polar surface area (TPSA) is 162 Å². The summed E-state index contributed by atoms with van der Waals surface area (Å²) in [4.78, 5) is 45.3. The van der Waals surface area contributed by atoms with Gasteiger partial charge in [-0.1, -0.05) is 104 Å². The quantitative estimate of drug-likeness (QED) is 0.0528. The molecule has 5 aromatic rings. The van der Waals surface area contributed by atoms with Crippen molar-refractivity contribution in [1.29, 1.82) is 0 Å². The fourth-order valence-electron chi connectivity index (χ4n) is 14.2. The molecule has 4 aromatic carbocycles. The molecular weight excluding hydrogens is 933 g/mol. The molecule has 1 fully saturated rings. The lowest BCUT2D eigenvalue weighted by Crippen LogP contribution is -2.64. The highest BCUT2D eigenvalue weighted by molar-refractivity contribution is 5.90.